The Kier molecular flexibility index (Phi) is 4.65. The molecule has 0 unspecified atom stereocenters. The Balaban J connectivity index is 1.75. The van der Waals surface area contributed by atoms with Crippen molar-refractivity contribution in [3.63, 3.8) is 0 Å². The molecule has 0 saturated carbocycles. The SMILES string of the molecule is COc1ccc(-c2nc(SCc3ccccc3)sc2N)cc1. The van der Waals surface area contributed by atoms with Crippen LogP contribution in [0.2, 0.25) is 0 Å². The second-order valence-corrected chi connectivity index (χ2v) is 6.95. The van der Waals surface area contributed by atoms with Crippen LogP contribution in [0.15, 0.2) is 58.9 Å². The Morgan fingerprint density at radius 2 is 1.82 bits per heavy atom. The number of ether oxygens (including phenoxy) is 1. The van der Waals surface area contributed by atoms with Gasteiger partial charge in [0.1, 0.15) is 16.4 Å². The zero-order valence-electron chi connectivity index (χ0n) is 12.2. The van der Waals surface area contributed by atoms with Gasteiger partial charge in [0.2, 0.25) is 0 Å². The van der Waals surface area contributed by atoms with E-state index in [0.717, 1.165) is 32.1 Å². The highest BCUT2D eigenvalue weighted by molar-refractivity contribution is 8.00. The molecule has 3 nitrogen and oxygen atoms in total. The molecule has 1 heterocycles. The fraction of sp³-hybridized carbons (Fsp3) is 0.118. The van der Waals surface area contributed by atoms with Gasteiger partial charge in [-0.1, -0.05) is 53.4 Å². The van der Waals surface area contributed by atoms with Gasteiger partial charge in [-0.25, -0.2) is 4.98 Å². The summed E-state index contributed by atoms with van der Waals surface area (Å²) in [6.07, 6.45) is 0. The molecule has 0 radical (unpaired) electrons. The molecule has 0 atom stereocenters. The molecule has 0 spiro atoms. The standard InChI is InChI=1S/C17H16N2OS2/c1-20-14-9-7-13(8-10-14)15-16(18)22-17(19-15)21-11-12-5-3-2-4-6-12/h2-10H,11,18H2,1H3. The maximum Gasteiger partial charge on any atom is 0.152 e. The van der Waals surface area contributed by atoms with Crippen molar-refractivity contribution >= 4 is 28.1 Å². The van der Waals surface area contributed by atoms with E-state index in [4.69, 9.17) is 10.5 Å². The minimum Gasteiger partial charge on any atom is -0.497 e. The predicted molar refractivity (Wildman–Crippen MR) is 94.5 cm³/mol. The maximum absolute atomic E-state index is 6.12. The summed E-state index contributed by atoms with van der Waals surface area (Å²) in [7, 11) is 1.66. The third-order valence-corrected chi connectivity index (χ3v) is 5.30. The summed E-state index contributed by atoms with van der Waals surface area (Å²) in [4.78, 5) is 4.67. The molecule has 0 aliphatic rings. The summed E-state index contributed by atoms with van der Waals surface area (Å²) in [5.74, 6) is 1.73. The van der Waals surface area contributed by atoms with Crippen LogP contribution >= 0.6 is 23.1 Å². The van der Waals surface area contributed by atoms with Gasteiger partial charge in [-0.2, -0.15) is 0 Å². The predicted octanol–water partition coefficient (Wildman–Crippen LogP) is 4.69. The quantitative estimate of drug-likeness (QED) is 0.690. The number of nitrogens with zero attached hydrogens (tertiary/aromatic N) is 1. The topological polar surface area (TPSA) is 48.1 Å². The fourth-order valence-electron chi connectivity index (χ4n) is 2.05. The molecule has 0 aliphatic carbocycles. The molecule has 2 N–H and O–H groups in total. The van der Waals surface area contributed by atoms with E-state index in [1.54, 1.807) is 18.9 Å². The van der Waals surface area contributed by atoms with Crippen molar-refractivity contribution < 1.29 is 4.74 Å². The van der Waals surface area contributed by atoms with Gasteiger partial charge in [0.15, 0.2) is 4.34 Å². The lowest BCUT2D eigenvalue weighted by atomic mass is 10.1. The molecule has 3 rings (SSSR count). The van der Waals surface area contributed by atoms with Crippen molar-refractivity contribution in [3.05, 3.63) is 60.2 Å². The molecule has 0 saturated heterocycles. The largest absolute Gasteiger partial charge is 0.497 e. The first-order valence-corrected chi connectivity index (χ1v) is 8.64. The number of thioether (sulfide) groups is 1. The molecule has 5 heteroatoms. The van der Waals surface area contributed by atoms with Gasteiger partial charge in [0.05, 0.1) is 7.11 Å². The van der Waals surface area contributed by atoms with Crippen molar-refractivity contribution in [2.24, 2.45) is 0 Å². The summed E-state index contributed by atoms with van der Waals surface area (Å²) in [5.41, 5.74) is 9.27. The number of nitrogen functional groups attached to an aromatic ring is 1. The first kappa shape index (κ1) is 14.9. The Hall–Kier alpha value is -1.98. The monoisotopic (exact) mass is 328 g/mol. The lowest BCUT2D eigenvalue weighted by Crippen LogP contribution is -1.87. The number of hydrogen-bond donors (Lipinski definition) is 1. The van der Waals surface area contributed by atoms with E-state index in [-0.39, 0.29) is 0 Å². The van der Waals surface area contributed by atoms with Crippen LogP contribution < -0.4 is 10.5 Å². The molecule has 112 valence electrons. The van der Waals surface area contributed by atoms with Gasteiger partial charge < -0.3 is 10.5 Å². The Bertz CT molecular complexity index is 739. The molecular weight excluding hydrogens is 312 g/mol. The number of aromatic nitrogens is 1. The van der Waals surface area contributed by atoms with Gasteiger partial charge >= 0.3 is 0 Å². The average molecular weight is 328 g/mol. The van der Waals surface area contributed by atoms with Gasteiger partial charge in [-0.05, 0) is 29.8 Å². The third-order valence-electron chi connectivity index (χ3n) is 3.20. The highest BCUT2D eigenvalue weighted by Gasteiger charge is 2.11. The second kappa shape index (κ2) is 6.85. The molecule has 0 bridgehead atoms. The molecule has 0 amide bonds. The van der Waals surface area contributed by atoms with E-state index in [0.29, 0.717) is 0 Å². The van der Waals surface area contributed by atoms with Crippen LogP contribution in [0.25, 0.3) is 11.3 Å². The van der Waals surface area contributed by atoms with Crippen molar-refractivity contribution in [2.75, 3.05) is 12.8 Å². The van der Waals surface area contributed by atoms with E-state index in [1.165, 1.54) is 16.9 Å². The zero-order valence-corrected chi connectivity index (χ0v) is 13.8. The number of methoxy groups -OCH3 is 1. The summed E-state index contributed by atoms with van der Waals surface area (Å²) in [6, 6.07) is 18.2. The minimum absolute atomic E-state index is 0.751. The zero-order chi connectivity index (χ0) is 15.4. The highest BCUT2D eigenvalue weighted by Crippen LogP contribution is 2.36. The Labute approximate surface area is 138 Å². The third kappa shape index (κ3) is 3.43. The molecule has 0 aliphatic heterocycles. The lowest BCUT2D eigenvalue weighted by Gasteiger charge is -2.01. The summed E-state index contributed by atoms with van der Waals surface area (Å²) in [6.45, 7) is 0. The van der Waals surface area contributed by atoms with Gasteiger partial charge in [-0.3, -0.25) is 0 Å². The van der Waals surface area contributed by atoms with E-state index < -0.39 is 0 Å². The molecular formula is C17H16N2OS2. The normalized spacial score (nSPS) is 10.6. The van der Waals surface area contributed by atoms with Crippen molar-refractivity contribution in [1.82, 2.24) is 4.98 Å². The number of thiazole rings is 1. The van der Waals surface area contributed by atoms with Crippen LogP contribution in [0.3, 0.4) is 0 Å². The average Bonchev–Trinajstić information content (AvgIpc) is 2.95. The van der Waals surface area contributed by atoms with Crippen LogP contribution in [0.5, 0.6) is 5.75 Å². The number of hydrogen-bond acceptors (Lipinski definition) is 5. The van der Waals surface area contributed by atoms with Crippen LogP contribution in [0.4, 0.5) is 5.00 Å². The highest BCUT2D eigenvalue weighted by atomic mass is 32.2. The first-order chi connectivity index (χ1) is 10.8. The van der Waals surface area contributed by atoms with Crippen molar-refractivity contribution in [2.45, 2.75) is 10.1 Å². The fourth-order valence-corrected chi connectivity index (χ4v) is 3.95. The van der Waals surface area contributed by atoms with Crippen LogP contribution in [0, 0.1) is 0 Å². The molecule has 22 heavy (non-hydrogen) atoms. The van der Waals surface area contributed by atoms with Gasteiger partial charge in [-0.15, -0.1) is 0 Å². The van der Waals surface area contributed by atoms with E-state index in [9.17, 15) is 0 Å². The lowest BCUT2D eigenvalue weighted by molar-refractivity contribution is 0.415. The minimum atomic E-state index is 0.751. The van der Waals surface area contributed by atoms with Crippen LogP contribution in [0.1, 0.15) is 5.56 Å². The molecule has 3 aromatic rings. The Morgan fingerprint density at radius 1 is 1.09 bits per heavy atom. The number of rotatable bonds is 5. The van der Waals surface area contributed by atoms with E-state index in [2.05, 4.69) is 29.2 Å². The molecule has 0 fully saturated rings. The summed E-state index contributed by atoms with van der Waals surface area (Å²) in [5, 5.41) is 0.751. The Morgan fingerprint density at radius 3 is 2.50 bits per heavy atom. The number of nitrogens with two attached hydrogens (primary N) is 1. The van der Waals surface area contributed by atoms with Gasteiger partial charge in [0, 0.05) is 11.3 Å². The summed E-state index contributed by atoms with van der Waals surface area (Å²) < 4.78 is 6.17. The first-order valence-electron chi connectivity index (χ1n) is 6.83. The smallest absolute Gasteiger partial charge is 0.152 e. The number of benzene rings is 2. The summed E-state index contributed by atoms with van der Waals surface area (Å²) >= 11 is 3.25. The van der Waals surface area contributed by atoms with Crippen molar-refractivity contribution in [3.8, 4) is 17.0 Å². The second-order valence-electron chi connectivity index (χ2n) is 4.70. The van der Waals surface area contributed by atoms with E-state index in [1.807, 2.05) is 30.3 Å². The van der Waals surface area contributed by atoms with E-state index >= 15 is 0 Å². The maximum atomic E-state index is 6.12. The number of anilines is 1. The van der Waals surface area contributed by atoms with Crippen molar-refractivity contribution in [1.29, 1.82) is 0 Å². The van der Waals surface area contributed by atoms with Gasteiger partial charge in [0.25, 0.3) is 0 Å². The molecule has 2 aromatic carbocycles. The van der Waals surface area contributed by atoms with Crippen LogP contribution in [-0.2, 0) is 5.75 Å². The molecule has 1 aromatic heterocycles. The van der Waals surface area contributed by atoms with Crippen LogP contribution in [-0.4, -0.2) is 12.1 Å².